The molecule has 0 spiro atoms. The lowest BCUT2D eigenvalue weighted by atomic mass is 10.0. The van der Waals surface area contributed by atoms with Crippen LogP contribution in [-0.2, 0) is 14.4 Å². The van der Waals surface area contributed by atoms with Crippen molar-refractivity contribution in [3.63, 3.8) is 0 Å². The van der Waals surface area contributed by atoms with Crippen molar-refractivity contribution < 1.29 is 24.3 Å². The van der Waals surface area contributed by atoms with Gasteiger partial charge < -0.3 is 5.11 Å². The van der Waals surface area contributed by atoms with E-state index >= 15 is 0 Å². The van der Waals surface area contributed by atoms with Crippen LogP contribution in [0.3, 0.4) is 0 Å². The number of likely N-dealkylation sites (tertiary alicyclic amines) is 1. The zero-order valence-electron chi connectivity index (χ0n) is 16.5. The van der Waals surface area contributed by atoms with Gasteiger partial charge in [0.05, 0.1) is 5.92 Å². The van der Waals surface area contributed by atoms with Crippen molar-refractivity contribution in [3.05, 3.63) is 65.7 Å². The number of thioether (sulfide) groups is 1. The van der Waals surface area contributed by atoms with Gasteiger partial charge in [-0.15, -0.1) is 11.8 Å². The largest absolute Gasteiger partial charge is 0.481 e. The van der Waals surface area contributed by atoms with E-state index in [1.165, 1.54) is 16.7 Å². The van der Waals surface area contributed by atoms with E-state index in [0.717, 1.165) is 4.90 Å². The Morgan fingerprint density at radius 3 is 2.13 bits per heavy atom. The maximum atomic E-state index is 12.5. The Hall–Kier alpha value is -2.93. The number of benzene rings is 2. The molecule has 1 heterocycles. The Kier molecular flexibility index (Phi) is 7.41. The highest BCUT2D eigenvalue weighted by Crippen LogP contribution is 2.25. The number of nitrogens with zero attached hydrogens (tertiary/aromatic N) is 1. The Balaban J connectivity index is 1.51. The normalized spacial score (nSPS) is 14.7. The lowest BCUT2D eigenvalue weighted by molar-refractivity contribution is -0.141. The predicted molar refractivity (Wildman–Crippen MR) is 113 cm³/mol. The SMILES string of the molecule is O=C(c1ccccc1)c1ccc(SCC(CCCN2C(=O)CCC2=O)C(=O)O)cc1. The monoisotopic (exact) mass is 425 g/mol. The highest BCUT2D eigenvalue weighted by Gasteiger charge is 2.28. The van der Waals surface area contributed by atoms with E-state index in [1.54, 1.807) is 24.3 Å². The van der Waals surface area contributed by atoms with E-state index in [2.05, 4.69) is 0 Å². The number of imide groups is 1. The molecule has 30 heavy (non-hydrogen) atoms. The number of carbonyl (C=O) groups excluding carboxylic acids is 3. The molecule has 3 rings (SSSR count). The number of hydrogen-bond acceptors (Lipinski definition) is 5. The molecule has 1 N–H and O–H groups in total. The van der Waals surface area contributed by atoms with Gasteiger partial charge in [0.15, 0.2) is 5.78 Å². The van der Waals surface area contributed by atoms with Gasteiger partial charge in [0.2, 0.25) is 11.8 Å². The van der Waals surface area contributed by atoms with E-state index in [-0.39, 0.29) is 37.0 Å². The number of amides is 2. The van der Waals surface area contributed by atoms with Crippen molar-refractivity contribution in [2.75, 3.05) is 12.3 Å². The summed E-state index contributed by atoms with van der Waals surface area (Å²) in [5, 5.41) is 9.48. The quantitative estimate of drug-likeness (QED) is 0.355. The van der Waals surface area contributed by atoms with E-state index in [1.807, 2.05) is 30.3 Å². The fourth-order valence-electron chi connectivity index (χ4n) is 3.30. The summed E-state index contributed by atoms with van der Waals surface area (Å²) in [5.74, 6) is -1.49. The van der Waals surface area contributed by atoms with Crippen LogP contribution in [0.25, 0.3) is 0 Å². The minimum absolute atomic E-state index is 0.0541. The van der Waals surface area contributed by atoms with Gasteiger partial charge in [-0.25, -0.2) is 0 Å². The molecule has 1 unspecified atom stereocenters. The van der Waals surface area contributed by atoms with Crippen LogP contribution < -0.4 is 0 Å². The van der Waals surface area contributed by atoms with Crippen molar-refractivity contribution in [1.29, 1.82) is 0 Å². The van der Waals surface area contributed by atoms with E-state index in [9.17, 15) is 24.3 Å². The second-order valence-electron chi connectivity index (χ2n) is 7.15. The summed E-state index contributed by atoms with van der Waals surface area (Å²) in [7, 11) is 0. The van der Waals surface area contributed by atoms with Gasteiger partial charge in [0.25, 0.3) is 0 Å². The van der Waals surface area contributed by atoms with Gasteiger partial charge in [-0.1, -0.05) is 30.3 Å². The van der Waals surface area contributed by atoms with Gasteiger partial charge >= 0.3 is 5.97 Å². The highest BCUT2D eigenvalue weighted by molar-refractivity contribution is 7.99. The van der Waals surface area contributed by atoms with Crippen molar-refractivity contribution in [3.8, 4) is 0 Å². The van der Waals surface area contributed by atoms with E-state index < -0.39 is 11.9 Å². The Morgan fingerprint density at radius 1 is 0.933 bits per heavy atom. The van der Waals surface area contributed by atoms with Crippen LogP contribution in [0, 0.1) is 5.92 Å². The fourth-order valence-corrected chi connectivity index (χ4v) is 4.33. The lowest BCUT2D eigenvalue weighted by Gasteiger charge is -2.16. The second-order valence-corrected chi connectivity index (χ2v) is 8.24. The molecule has 7 heteroatoms. The Labute approximate surface area is 179 Å². The molecule has 0 radical (unpaired) electrons. The number of hydrogen-bond donors (Lipinski definition) is 1. The molecule has 0 bridgehead atoms. The molecule has 0 saturated carbocycles. The average Bonchev–Trinajstić information content (AvgIpc) is 3.08. The predicted octanol–water partition coefficient (Wildman–Crippen LogP) is 3.64. The number of carbonyl (C=O) groups is 4. The molecule has 2 aromatic rings. The van der Waals surface area contributed by atoms with Crippen LogP contribution in [0.1, 0.15) is 41.6 Å². The van der Waals surface area contributed by atoms with Gasteiger partial charge in [0, 0.05) is 41.2 Å². The number of carboxylic acids is 1. The zero-order chi connectivity index (χ0) is 21.5. The van der Waals surface area contributed by atoms with Crippen LogP contribution in [0.5, 0.6) is 0 Å². The topological polar surface area (TPSA) is 91.8 Å². The summed E-state index contributed by atoms with van der Waals surface area (Å²) >= 11 is 1.42. The maximum Gasteiger partial charge on any atom is 0.307 e. The minimum atomic E-state index is -0.891. The van der Waals surface area contributed by atoms with Crippen LogP contribution in [0.4, 0.5) is 0 Å². The molecular formula is C23H23NO5S. The van der Waals surface area contributed by atoms with Gasteiger partial charge in [0.1, 0.15) is 0 Å². The van der Waals surface area contributed by atoms with Crippen molar-refractivity contribution >= 4 is 35.3 Å². The first kappa shape index (κ1) is 21.8. The molecule has 6 nitrogen and oxygen atoms in total. The van der Waals surface area contributed by atoms with Crippen LogP contribution in [-0.4, -0.2) is 45.9 Å². The summed E-state index contributed by atoms with van der Waals surface area (Å²) in [6.07, 6.45) is 1.36. The summed E-state index contributed by atoms with van der Waals surface area (Å²) in [5.41, 5.74) is 1.21. The third kappa shape index (κ3) is 5.57. The number of carboxylic acid groups (broad SMARTS) is 1. The molecule has 2 aromatic carbocycles. The smallest absolute Gasteiger partial charge is 0.307 e. The molecule has 2 amide bonds. The summed E-state index contributed by atoms with van der Waals surface area (Å²) in [6, 6.07) is 16.2. The maximum absolute atomic E-state index is 12.5. The zero-order valence-corrected chi connectivity index (χ0v) is 17.3. The summed E-state index contributed by atoms with van der Waals surface area (Å²) in [6.45, 7) is 0.280. The van der Waals surface area contributed by atoms with Crippen LogP contribution in [0.15, 0.2) is 59.5 Å². The molecule has 0 aromatic heterocycles. The third-order valence-corrected chi connectivity index (χ3v) is 6.22. The molecular weight excluding hydrogens is 402 g/mol. The number of aliphatic carboxylic acids is 1. The first-order valence-electron chi connectivity index (χ1n) is 9.84. The minimum Gasteiger partial charge on any atom is -0.481 e. The van der Waals surface area contributed by atoms with Gasteiger partial charge in [-0.3, -0.25) is 24.1 Å². The van der Waals surface area contributed by atoms with Gasteiger partial charge in [-0.05, 0) is 37.1 Å². The third-order valence-electron chi connectivity index (χ3n) is 5.04. The second kappa shape index (κ2) is 10.2. The van der Waals surface area contributed by atoms with Crippen LogP contribution >= 0.6 is 11.8 Å². The van der Waals surface area contributed by atoms with Crippen molar-refractivity contribution in [2.24, 2.45) is 5.92 Å². The molecule has 1 aliphatic rings. The Morgan fingerprint density at radius 2 is 1.53 bits per heavy atom. The van der Waals surface area contributed by atoms with Crippen LogP contribution in [0.2, 0.25) is 0 Å². The average molecular weight is 426 g/mol. The highest BCUT2D eigenvalue weighted by atomic mass is 32.2. The molecule has 1 saturated heterocycles. The van der Waals surface area contributed by atoms with Crippen molar-refractivity contribution in [2.45, 2.75) is 30.6 Å². The fraction of sp³-hybridized carbons (Fsp3) is 0.304. The summed E-state index contributed by atoms with van der Waals surface area (Å²) < 4.78 is 0. The van der Waals surface area contributed by atoms with Gasteiger partial charge in [-0.2, -0.15) is 0 Å². The van der Waals surface area contributed by atoms with E-state index in [4.69, 9.17) is 0 Å². The molecule has 156 valence electrons. The first-order valence-corrected chi connectivity index (χ1v) is 10.8. The lowest BCUT2D eigenvalue weighted by Crippen LogP contribution is -2.30. The number of rotatable bonds is 10. The number of ketones is 1. The standard InChI is InChI=1S/C23H23NO5S/c25-20-12-13-21(26)24(20)14-4-7-18(23(28)29)15-30-19-10-8-17(9-11-19)22(27)16-5-2-1-3-6-16/h1-3,5-6,8-11,18H,4,7,12-15H2,(H,28,29). The Bertz CT molecular complexity index is 910. The molecule has 1 atom stereocenters. The first-order chi connectivity index (χ1) is 14.5. The summed E-state index contributed by atoms with van der Waals surface area (Å²) in [4.78, 5) is 49.4. The van der Waals surface area contributed by atoms with E-state index in [0.29, 0.717) is 29.7 Å². The molecule has 0 aliphatic carbocycles. The molecule has 1 aliphatic heterocycles. The van der Waals surface area contributed by atoms with Crippen molar-refractivity contribution in [1.82, 2.24) is 4.90 Å². The molecule has 1 fully saturated rings.